The molecule has 4 nitrogen and oxygen atoms in total. The molecule has 0 saturated heterocycles. The Labute approximate surface area is 162 Å². The SMILES string of the molecule is Cc1cc(-c2ccccc2OCc2ccc3ccccc3c2)c(C#N)c(=O)[nH]1. The van der Waals surface area contributed by atoms with Crippen LogP contribution in [0.2, 0.25) is 0 Å². The molecular formula is C24H18N2O2. The van der Waals surface area contributed by atoms with Gasteiger partial charge in [0.05, 0.1) is 0 Å². The summed E-state index contributed by atoms with van der Waals surface area (Å²) in [5, 5.41) is 11.8. The lowest BCUT2D eigenvalue weighted by molar-refractivity contribution is 0.307. The van der Waals surface area contributed by atoms with Crippen molar-refractivity contribution in [3.8, 4) is 22.9 Å². The number of aryl methyl sites for hydroxylation is 1. The normalized spacial score (nSPS) is 10.6. The molecule has 0 saturated carbocycles. The Morgan fingerprint density at radius 2 is 1.68 bits per heavy atom. The molecule has 28 heavy (non-hydrogen) atoms. The Balaban J connectivity index is 1.69. The summed E-state index contributed by atoms with van der Waals surface area (Å²) in [5.41, 5.74) is 2.76. The molecule has 0 bridgehead atoms. The average Bonchev–Trinajstić information content (AvgIpc) is 2.72. The molecule has 0 fully saturated rings. The summed E-state index contributed by atoms with van der Waals surface area (Å²) < 4.78 is 6.08. The van der Waals surface area contributed by atoms with Crippen molar-refractivity contribution in [2.24, 2.45) is 0 Å². The Bertz CT molecular complexity index is 1270. The Morgan fingerprint density at radius 1 is 0.929 bits per heavy atom. The monoisotopic (exact) mass is 366 g/mol. The van der Waals surface area contributed by atoms with E-state index in [4.69, 9.17) is 4.74 Å². The third-order valence-electron chi connectivity index (χ3n) is 4.67. The third kappa shape index (κ3) is 3.38. The maximum absolute atomic E-state index is 12.2. The van der Waals surface area contributed by atoms with Gasteiger partial charge in [0.25, 0.3) is 5.56 Å². The summed E-state index contributed by atoms with van der Waals surface area (Å²) >= 11 is 0. The second-order valence-corrected chi connectivity index (χ2v) is 6.65. The number of rotatable bonds is 4. The lowest BCUT2D eigenvalue weighted by atomic mass is 10.00. The van der Waals surface area contributed by atoms with Gasteiger partial charge >= 0.3 is 0 Å². The lowest BCUT2D eigenvalue weighted by Crippen LogP contribution is -2.13. The largest absolute Gasteiger partial charge is 0.488 e. The molecule has 0 atom stereocenters. The first-order valence-electron chi connectivity index (χ1n) is 8.99. The van der Waals surface area contributed by atoms with Crippen molar-refractivity contribution in [2.45, 2.75) is 13.5 Å². The van der Waals surface area contributed by atoms with Gasteiger partial charge in [-0.25, -0.2) is 0 Å². The fraction of sp³-hybridized carbons (Fsp3) is 0.0833. The molecule has 1 heterocycles. The molecule has 1 N–H and O–H groups in total. The van der Waals surface area contributed by atoms with Crippen molar-refractivity contribution < 1.29 is 4.74 Å². The smallest absolute Gasteiger partial charge is 0.266 e. The number of nitrogens with one attached hydrogen (secondary N) is 1. The lowest BCUT2D eigenvalue weighted by Gasteiger charge is -2.13. The highest BCUT2D eigenvalue weighted by atomic mass is 16.5. The highest BCUT2D eigenvalue weighted by Gasteiger charge is 2.14. The maximum Gasteiger partial charge on any atom is 0.266 e. The molecule has 4 rings (SSSR count). The summed E-state index contributed by atoms with van der Waals surface area (Å²) in [6.45, 7) is 2.19. The van der Waals surface area contributed by atoms with E-state index in [9.17, 15) is 10.1 Å². The quantitative estimate of drug-likeness (QED) is 0.555. The van der Waals surface area contributed by atoms with Gasteiger partial charge in [-0.2, -0.15) is 5.26 Å². The molecular weight excluding hydrogens is 348 g/mol. The number of nitriles is 1. The minimum absolute atomic E-state index is 0.0901. The van der Waals surface area contributed by atoms with E-state index in [0.29, 0.717) is 23.6 Å². The summed E-state index contributed by atoms with van der Waals surface area (Å²) in [4.78, 5) is 14.8. The number of benzene rings is 3. The van der Waals surface area contributed by atoms with Gasteiger partial charge in [-0.3, -0.25) is 4.79 Å². The zero-order valence-corrected chi connectivity index (χ0v) is 15.4. The van der Waals surface area contributed by atoms with Gasteiger partial charge in [0, 0.05) is 16.8 Å². The molecule has 0 aliphatic heterocycles. The van der Waals surface area contributed by atoms with Gasteiger partial charge in [-0.1, -0.05) is 54.6 Å². The topological polar surface area (TPSA) is 65.9 Å². The van der Waals surface area contributed by atoms with Crippen LogP contribution in [-0.2, 0) is 6.61 Å². The number of hydrogen-bond donors (Lipinski definition) is 1. The zero-order chi connectivity index (χ0) is 19.5. The Kier molecular flexibility index (Phi) is 4.65. The summed E-state index contributed by atoms with van der Waals surface area (Å²) in [6.07, 6.45) is 0. The first-order valence-corrected chi connectivity index (χ1v) is 8.99. The molecule has 0 aliphatic rings. The molecule has 136 valence electrons. The van der Waals surface area contributed by atoms with E-state index in [-0.39, 0.29) is 11.1 Å². The Morgan fingerprint density at radius 3 is 2.50 bits per heavy atom. The van der Waals surface area contributed by atoms with Gasteiger partial charge in [0.2, 0.25) is 0 Å². The van der Waals surface area contributed by atoms with Crippen molar-refractivity contribution in [2.75, 3.05) is 0 Å². The molecule has 4 heteroatoms. The summed E-state index contributed by atoms with van der Waals surface area (Å²) in [6, 6.07) is 25.7. The zero-order valence-electron chi connectivity index (χ0n) is 15.4. The van der Waals surface area contributed by atoms with E-state index < -0.39 is 0 Å². The Hall–Kier alpha value is -3.84. The average molecular weight is 366 g/mol. The van der Waals surface area contributed by atoms with Crippen molar-refractivity contribution >= 4 is 10.8 Å². The van der Waals surface area contributed by atoms with E-state index in [1.807, 2.05) is 48.5 Å². The number of fused-ring (bicyclic) bond motifs is 1. The van der Waals surface area contributed by atoms with Crippen LogP contribution in [0, 0.1) is 18.3 Å². The minimum atomic E-state index is -0.387. The molecule has 0 aliphatic carbocycles. The minimum Gasteiger partial charge on any atom is -0.488 e. The molecule has 1 aromatic heterocycles. The standard InChI is InChI=1S/C24H18N2O2/c1-16-12-21(22(14-25)24(27)26-16)20-8-4-5-9-23(20)28-15-17-10-11-18-6-2-3-7-19(18)13-17/h2-13H,15H2,1H3,(H,26,27). The fourth-order valence-corrected chi connectivity index (χ4v) is 3.32. The van der Waals surface area contributed by atoms with E-state index in [0.717, 1.165) is 16.5 Å². The molecule has 0 amide bonds. The van der Waals surface area contributed by atoms with Crippen molar-refractivity contribution in [3.63, 3.8) is 0 Å². The van der Waals surface area contributed by atoms with Gasteiger partial charge in [0.15, 0.2) is 0 Å². The highest BCUT2D eigenvalue weighted by molar-refractivity contribution is 5.83. The number of aromatic amines is 1. The van der Waals surface area contributed by atoms with Crippen LogP contribution in [-0.4, -0.2) is 4.98 Å². The van der Waals surface area contributed by atoms with E-state index in [1.54, 1.807) is 13.0 Å². The van der Waals surface area contributed by atoms with Gasteiger partial charge in [-0.05, 0) is 41.5 Å². The highest BCUT2D eigenvalue weighted by Crippen LogP contribution is 2.32. The van der Waals surface area contributed by atoms with Crippen LogP contribution in [0.3, 0.4) is 0 Å². The van der Waals surface area contributed by atoms with Crippen LogP contribution in [0.15, 0.2) is 77.6 Å². The fourth-order valence-electron chi connectivity index (χ4n) is 3.32. The van der Waals surface area contributed by atoms with Crippen LogP contribution in [0.5, 0.6) is 5.75 Å². The molecule has 0 radical (unpaired) electrons. The van der Waals surface area contributed by atoms with Crippen molar-refractivity contribution in [1.82, 2.24) is 4.98 Å². The number of aromatic nitrogens is 1. The molecule has 4 aromatic rings. The summed E-state index contributed by atoms with van der Waals surface area (Å²) in [5.74, 6) is 0.636. The predicted octanol–water partition coefficient (Wildman–Crippen LogP) is 4.95. The first-order chi connectivity index (χ1) is 13.7. The van der Waals surface area contributed by atoms with Crippen LogP contribution >= 0.6 is 0 Å². The van der Waals surface area contributed by atoms with E-state index >= 15 is 0 Å². The van der Waals surface area contributed by atoms with E-state index in [2.05, 4.69) is 29.2 Å². The number of ether oxygens (including phenoxy) is 1. The maximum atomic E-state index is 12.2. The molecule has 3 aromatic carbocycles. The van der Waals surface area contributed by atoms with Gasteiger partial charge in [-0.15, -0.1) is 0 Å². The van der Waals surface area contributed by atoms with Crippen LogP contribution in [0.4, 0.5) is 0 Å². The van der Waals surface area contributed by atoms with Crippen LogP contribution < -0.4 is 10.3 Å². The third-order valence-corrected chi connectivity index (χ3v) is 4.67. The predicted molar refractivity (Wildman–Crippen MR) is 110 cm³/mol. The second-order valence-electron chi connectivity index (χ2n) is 6.65. The van der Waals surface area contributed by atoms with Gasteiger partial charge in [0.1, 0.15) is 24.0 Å². The van der Waals surface area contributed by atoms with Crippen molar-refractivity contribution in [1.29, 1.82) is 5.26 Å². The number of nitrogens with zero attached hydrogens (tertiary/aromatic N) is 1. The van der Waals surface area contributed by atoms with Gasteiger partial charge < -0.3 is 9.72 Å². The van der Waals surface area contributed by atoms with Crippen molar-refractivity contribution in [3.05, 3.63) is 100.0 Å². The van der Waals surface area contributed by atoms with Crippen LogP contribution in [0.1, 0.15) is 16.8 Å². The number of para-hydroxylation sites is 1. The van der Waals surface area contributed by atoms with Crippen LogP contribution in [0.25, 0.3) is 21.9 Å². The second kappa shape index (κ2) is 7.42. The number of pyridine rings is 1. The summed E-state index contributed by atoms with van der Waals surface area (Å²) in [7, 11) is 0. The molecule has 0 spiro atoms. The number of hydrogen-bond acceptors (Lipinski definition) is 3. The first kappa shape index (κ1) is 17.6. The number of H-pyrrole nitrogens is 1. The van der Waals surface area contributed by atoms with E-state index in [1.165, 1.54) is 5.39 Å². The molecule has 0 unspecified atom stereocenters.